The van der Waals surface area contributed by atoms with E-state index in [0.29, 0.717) is 5.75 Å². The SMILES string of the molecule is CC(SCC(=O)O)C1(CS)N=NN=N1. The fourth-order valence-corrected chi connectivity index (χ4v) is 2.26. The summed E-state index contributed by atoms with van der Waals surface area (Å²) in [4.78, 5) is 10.4. The summed E-state index contributed by atoms with van der Waals surface area (Å²) in [5.41, 5.74) is -0.788. The van der Waals surface area contributed by atoms with Gasteiger partial charge in [0.15, 0.2) is 0 Å². The van der Waals surface area contributed by atoms with Crippen molar-refractivity contribution in [1.29, 1.82) is 0 Å². The predicted octanol–water partition coefficient (Wildman–Crippen LogP) is 1.65. The summed E-state index contributed by atoms with van der Waals surface area (Å²) in [5, 5.41) is 23.0. The first-order valence-electron chi connectivity index (χ1n) is 3.89. The van der Waals surface area contributed by atoms with Crippen molar-refractivity contribution in [2.24, 2.45) is 20.7 Å². The van der Waals surface area contributed by atoms with E-state index in [1.54, 1.807) is 0 Å². The number of thioether (sulfide) groups is 1. The van der Waals surface area contributed by atoms with Gasteiger partial charge in [-0.1, -0.05) is 0 Å². The van der Waals surface area contributed by atoms with Gasteiger partial charge in [-0.05, 0) is 17.4 Å². The number of carboxylic acids is 1. The molecule has 1 aliphatic rings. The van der Waals surface area contributed by atoms with Crippen LogP contribution in [0.5, 0.6) is 0 Å². The molecule has 0 saturated carbocycles. The molecule has 0 amide bonds. The second-order valence-electron chi connectivity index (χ2n) is 2.76. The fraction of sp³-hybridized carbons (Fsp3) is 0.833. The lowest BCUT2D eigenvalue weighted by Crippen LogP contribution is -2.35. The lowest BCUT2D eigenvalue weighted by molar-refractivity contribution is -0.133. The van der Waals surface area contributed by atoms with Gasteiger partial charge < -0.3 is 5.11 Å². The Kier molecular flexibility index (Phi) is 3.87. The molecular weight excluding hydrogens is 224 g/mol. The lowest BCUT2D eigenvalue weighted by atomic mass is 10.1. The van der Waals surface area contributed by atoms with Crippen LogP contribution in [0.15, 0.2) is 20.7 Å². The van der Waals surface area contributed by atoms with E-state index >= 15 is 0 Å². The van der Waals surface area contributed by atoms with Crippen LogP contribution >= 0.6 is 24.4 Å². The number of hydrogen-bond donors (Lipinski definition) is 2. The monoisotopic (exact) mass is 234 g/mol. The molecule has 1 rings (SSSR count). The number of carboxylic acid groups (broad SMARTS) is 1. The van der Waals surface area contributed by atoms with Gasteiger partial charge in [0.2, 0.25) is 5.66 Å². The number of thiol groups is 1. The molecule has 78 valence electrons. The topological polar surface area (TPSA) is 86.7 Å². The van der Waals surface area contributed by atoms with Crippen LogP contribution in [0.2, 0.25) is 0 Å². The Balaban J connectivity index is 2.57. The summed E-state index contributed by atoms with van der Waals surface area (Å²) in [6.07, 6.45) is 0. The highest BCUT2D eigenvalue weighted by Crippen LogP contribution is 2.33. The molecule has 8 heteroatoms. The molecule has 6 nitrogen and oxygen atoms in total. The van der Waals surface area contributed by atoms with Crippen LogP contribution in [0.4, 0.5) is 0 Å². The first-order valence-corrected chi connectivity index (χ1v) is 5.57. The van der Waals surface area contributed by atoms with Crippen molar-refractivity contribution in [3.8, 4) is 0 Å². The van der Waals surface area contributed by atoms with E-state index in [1.165, 1.54) is 11.8 Å². The normalized spacial score (nSPS) is 19.9. The molecule has 0 fully saturated rings. The maximum Gasteiger partial charge on any atom is 0.313 e. The standard InChI is InChI=1S/C6H10N4O2S2/c1-4(14-2-5(11)12)6(3-13)7-9-10-8-6/h4,13H,2-3H2,1H3,(H,11,12). The van der Waals surface area contributed by atoms with E-state index in [9.17, 15) is 4.79 Å². The lowest BCUT2D eigenvalue weighted by Gasteiger charge is -2.23. The maximum atomic E-state index is 10.4. The van der Waals surface area contributed by atoms with E-state index in [2.05, 4.69) is 33.3 Å². The quantitative estimate of drug-likeness (QED) is 0.709. The van der Waals surface area contributed by atoms with Gasteiger partial charge in [0.1, 0.15) is 0 Å². The van der Waals surface area contributed by atoms with Crippen molar-refractivity contribution in [3.63, 3.8) is 0 Å². The summed E-state index contributed by atoms with van der Waals surface area (Å²) in [7, 11) is 0. The van der Waals surface area contributed by atoms with E-state index in [0.717, 1.165) is 0 Å². The molecular formula is C6H10N4O2S2. The summed E-state index contributed by atoms with van der Waals surface area (Å²) < 4.78 is 0. The molecule has 0 aromatic heterocycles. The zero-order chi connectivity index (χ0) is 10.6. The van der Waals surface area contributed by atoms with Crippen LogP contribution in [0.3, 0.4) is 0 Å². The van der Waals surface area contributed by atoms with Gasteiger partial charge in [-0.2, -0.15) is 12.6 Å². The molecule has 1 unspecified atom stereocenters. The van der Waals surface area contributed by atoms with Gasteiger partial charge in [0.05, 0.1) is 11.0 Å². The summed E-state index contributed by atoms with van der Waals surface area (Å²) >= 11 is 5.37. The smallest absolute Gasteiger partial charge is 0.313 e. The average Bonchev–Trinajstić information content (AvgIpc) is 2.63. The average molecular weight is 234 g/mol. The summed E-state index contributed by atoms with van der Waals surface area (Å²) in [6, 6.07) is 0. The third kappa shape index (κ3) is 2.44. The molecule has 0 saturated heterocycles. The number of aliphatic carboxylic acids is 1. The molecule has 0 bridgehead atoms. The van der Waals surface area contributed by atoms with E-state index in [4.69, 9.17) is 5.11 Å². The van der Waals surface area contributed by atoms with Crippen LogP contribution < -0.4 is 0 Å². The maximum absolute atomic E-state index is 10.4. The van der Waals surface area contributed by atoms with Crippen LogP contribution in [0.25, 0.3) is 0 Å². The van der Waals surface area contributed by atoms with Gasteiger partial charge in [-0.15, -0.1) is 22.0 Å². The van der Waals surface area contributed by atoms with Crippen LogP contribution in [0.1, 0.15) is 6.92 Å². The highest BCUT2D eigenvalue weighted by atomic mass is 32.2. The molecule has 0 aliphatic carbocycles. The molecule has 1 N–H and O–H groups in total. The first kappa shape index (κ1) is 11.4. The van der Waals surface area contributed by atoms with Crippen molar-refractivity contribution in [2.45, 2.75) is 17.8 Å². The van der Waals surface area contributed by atoms with E-state index < -0.39 is 11.6 Å². The van der Waals surface area contributed by atoms with Gasteiger partial charge in [0.25, 0.3) is 0 Å². The Bertz CT molecular complexity index is 269. The third-order valence-corrected chi connectivity index (χ3v) is 3.57. The minimum atomic E-state index is -0.858. The van der Waals surface area contributed by atoms with Gasteiger partial charge >= 0.3 is 5.97 Å². The zero-order valence-corrected chi connectivity index (χ0v) is 9.20. The molecule has 0 aromatic rings. The highest BCUT2D eigenvalue weighted by Gasteiger charge is 2.38. The third-order valence-electron chi connectivity index (χ3n) is 1.82. The minimum absolute atomic E-state index is 0.0156. The number of hydrogen-bond acceptors (Lipinski definition) is 7. The Hall–Kier alpha value is -0.630. The van der Waals surface area contributed by atoms with Gasteiger partial charge in [0, 0.05) is 5.75 Å². The number of rotatable bonds is 5. The zero-order valence-electron chi connectivity index (χ0n) is 7.49. The van der Waals surface area contributed by atoms with Crippen molar-refractivity contribution in [1.82, 2.24) is 0 Å². The highest BCUT2D eigenvalue weighted by molar-refractivity contribution is 8.00. The number of carbonyl (C=O) groups is 1. The Labute approximate surface area is 90.7 Å². The van der Waals surface area contributed by atoms with Crippen molar-refractivity contribution >= 4 is 30.4 Å². The summed E-state index contributed by atoms with van der Waals surface area (Å²) in [6.45, 7) is 1.84. The molecule has 1 heterocycles. The van der Waals surface area contributed by atoms with Crippen molar-refractivity contribution in [2.75, 3.05) is 11.5 Å². The second-order valence-corrected chi connectivity index (χ2v) is 4.41. The Morgan fingerprint density at radius 3 is 2.57 bits per heavy atom. The van der Waals surface area contributed by atoms with E-state index in [-0.39, 0.29) is 11.0 Å². The molecule has 0 radical (unpaired) electrons. The largest absolute Gasteiger partial charge is 0.481 e. The summed E-state index contributed by atoms with van der Waals surface area (Å²) in [5.74, 6) is -0.474. The van der Waals surface area contributed by atoms with Crippen LogP contribution in [-0.2, 0) is 4.79 Å². The molecule has 1 aliphatic heterocycles. The van der Waals surface area contributed by atoms with Crippen molar-refractivity contribution < 1.29 is 9.90 Å². The Morgan fingerprint density at radius 1 is 1.57 bits per heavy atom. The van der Waals surface area contributed by atoms with Crippen LogP contribution in [0, 0.1) is 0 Å². The number of nitrogens with zero attached hydrogens (tertiary/aromatic N) is 4. The molecule has 14 heavy (non-hydrogen) atoms. The van der Waals surface area contributed by atoms with Gasteiger partial charge in [-0.3, -0.25) is 4.79 Å². The van der Waals surface area contributed by atoms with Gasteiger partial charge in [-0.25, -0.2) is 0 Å². The minimum Gasteiger partial charge on any atom is -0.481 e. The second kappa shape index (κ2) is 4.74. The van der Waals surface area contributed by atoms with Crippen LogP contribution in [-0.4, -0.2) is 33.5 Å². The first-order chi connectivity index (χ1) is 6.60. The Morgan fingerprint density at radius 2 is 2.14 bits per heavy atom. The molecule has 0 aromatic carbocycles. The molecule has 1 atom stereocenters. The van der Waals surface area contributed by atoms with E-state index in [1.807, 2.05) is 6.92 Å². The van der Waals surface area contributed by atoms with Crippen molar-refractivity contribution in [3.05, 3.63) is 0 Å². The molecule has 0 spiro atoms. The predicted molar refractivity (Wildman–Crippen MR) is 55.9 cm³/mol. The fourth-order valence-electron chi connectivity index (χ4n) is 0.899.